The van der Waals surface area contributed by atoms with E-state index in [1.165, 1.54) is 0 Å². The highest BCUT2D eigenvalue weighted by molar-refractivity contribution is 5.31. The topological polar surface area (TPSA) is 73.1 Å². The Kier molecular flexibility index (Phi) is 4.98. The zero-order valence-electron chi connectivity index (χ0n) is 10.2. The molecular formula is C11H20N4O. The van der Waals surface area contributed by atoms with Crippen LogP contribution in [0.4, 0.5) is 5.95 Å². The molecule has 3 N–H and O–H groups in total. The summed E-state index contributed by atoms with van der Waals surface area (Å²) >= 11 is 0. The maximum Gasteiger partial charge on any atom is 0.226 e. The first-order valence-corrected chi connectivity index (χ1v) is 5.55. The molecule has 5 heteroatoms. The normalized spacial score (nSPS) is 12.2. The van der Waals surface area contributed by atoms with Gasteiger partial charge >= 0.3 is 0 Å². The molecule has 0 aliphatic rings. The number of aromatic nitrogens is 2. The molecule has 0 spiro atoms. The van der Waals surface area contributed by atoms with E-state index in [2.05, 4.69) is 22.2 Å². The van der Waals surface area contributed by atoms with Gasteiger partial charge in [0.15, 0.2) is 0 Å². The molecule has 5 nitrogen and oxygen atoms in total. The molecular weight excluding hydrogens is 204 g/mol. The van der Waals surface area contributed by atoms with Gasteiger partial charge in [0, 0.05) is 24.3 Å². The van der Waals surface area contributed by atoms with E-state index in [9.17, 15) is 0 Å². The molecule has 1 heterocycles. The Morgan fingerprint density at radius 3 is 2.81 bits per heavy atom. The Balaban J connectivity index is 2.74. The summed E-state index contributed by atoms with van der Waals surface area (Å²) in [6, 6.07) is 2.01. The van der Waals surface area contributed by atoms with Crippen molar-refractivity contribution in [2.24, 2.45) is 5.73 Å². The fraction of sp³-hybridized carbons (Fsp3) is 0.636. The second-order valence-corrected chi connectivity index (χ2v) is 3.74. The van der Waals surface area contributed by atoms with Gasteiger partial charge in [0.25, 0.3) is 0 Å². The van der Waals surface area contributed by atoms with E-state index >= 15 is 0 Å². The minimum atomic E-state index is 0.219. The van der Waals surface area contributed by atoms with E-state index in [0.717, 1.165) is 18.5 Å². The molecule has 1 atom stereocenters. The Morgan fingerprint density at radius 1 is 1.50 bits per heavy atom. The van der Waals surface area contributed by atoms with E-state index < -0.39 is 0 Å². The number of anilines is 1. The molecule has 1 aromatic heterocycles. The summed E-state index contributed by atoms with van der Waals surface area (Å²) < 4.78 is 5.09. The third-order valence-corrected chi connectivity index (χ3v) is 2.29. The van der Waals surface area contributed by atoms with Crippen molar-refractivity contribution in [1.29, 1.82) is 0 Å². The average molecular weight is 224 g/mol. The van der Waals surface area contributed by atoms with Crippen molar-refractivity contribution >= 4 is 5.95 Å². The minimum Gasteiger partial charge on any atom is -0.481 e. The van der Waals surface area contributed by atoms with Gasteiger partial charge < -0.3 is 15.8 Å². The van der Waals surface area contributed by atoms with Crippen molar-refractivity contribution in [2.75, 3.05) is 19.0 Å². The van der Waals surface area contributed by atoms with Gasteiger partial charge in [-0.05, 0) is 13.3 Å². The first kappa shape index (κ1) is 12.7. The second-order valence-electron chi connectivity index (χ2n) is 3.74. The fourth-order valence-electron chi connectivity index (χ4n) is 1.49. The summed E-state index contributed by atoms with van der Waals surface area (Å²) in [6.45, 7) is 4.61. The zero-order chi connectivity index (χ0) is 12.0. The number of aryl methyl sites for hydroxylation is 1. The average Bonchev–Trinajstić information content (AvgIpc) is 2.27. The SMILES string of the molecule is CCCC(CN)Nc1nc(C)cc(OC)n1. The number of nitrogens with zero attached hydrogens (tertiary/aromatic N) is 2. The van der Waals surface area contributed by atoms with E-state index in [-0.39, 0.29) is 6.04 Å². The molecule has 0 fully saturated rings. The number of rotatable bonds is 6. The smallest absolute Gasteiger partial charge is 0.226 e. The van der Waals surface area contributed by atoms with E-state index in [0.29, 0.717) is 18.4 Å². The van der Waals surface area contributed by atoms with Crippen molar-refractivity contribution in [3.63, 3.8) is 0 Å². The monoisotopic (exact) mass is 224 g/mol. The summed E-state index contributed by atoms with van der Waals surface area (Å²) in [5, 5.41) is 3.22. The van der Waals surface area contributed by atoms with Crippen molar-refractivity contribution in [2.45, 2.75) is 32.7 Å². The van der Waals surface area contributed by atoms with Gasteiger partial charge in [-0.25, -0.2) is 4.98 Å². The quantitative estimate of drug-likeness (QED) is 0.762. The highest BCUT2D eigenvalue weighted by atomic mass is 16.5. The summed E-state index contributed by atoms with van der Waals surface area (Å²) in [5.74, 6) is 1.16. The first-order valence-electron chi connectivity index (χ1n) is 5.55. The number of nitrogens with two attached hydrogens (primary N) is 1. The van der Waals surface area contributed by atoms with Crippen molar-refractivity contribution in [3.8, 4) is 5.88 Å². The predicted octanol–water partition coefficient (Wildman–Crippen LogP) is 1.33. The molecule has 0 saturated heterocycles. The van der Waals surface area contributed by atoms with E-state index in [1.807, 2.05) is 6.92 Å². The number of hydrogen-bond acceptors (Lipinski definition) is 5. The molecule has 1 aromatic rings. The highest BCUT2D eigenvalue weighted by Crippen LogP contribution is 2.12. The third kappa shape index (κ3) is 3.66. The summed E-state index contributed by atoms with van der Waals surface area (Å²) in [6.07, 6.45) is 2.09. The highest BCUT2D eigenvalue weighted by Gasteiger charge is 2.08. The largest absolute Gasteiger partial charge is 0.481 e. The molecule has 0 saturated carbocycles. The van der Waals surface area contributed by atoms with Gasteiger partial charge in [-0.3, -0.25) is 0 Å². The first-order chi connectivity index (χ1) is 7.69. The Bertz CT molecular complexity index is 330. The summed E-state index contributed by atoms with van der Waals surface area (Å²) in [7, 11) is 1.60. The third-order valence-electron chi connectivity index (χ3n) is 2.29. The summed E-state index contributed by atoms with van der Waals surface area (Å²) in [4.78, 5) is 8.52. The molecule has 0 aliphatic carbocycles. The number of nitrogens with one attached hydrogen (secondary N) is 1. The van der Waals surface area contributed by atoms with Crippen LogP contribution in [0.3, 0.4) is 0 Å². The minimum absolute atomic E-state index is 0.219. The van der Waals surface area contributed by atoms with Crippen LogP contribution < -0.4 is 15.8 Å². The van der Waals surface area contributed by atoms with Crippen molar-refractivity contribution < 1.29 is 4.74 Å². The van der Waals surface area contributed by atoms with Crippen LogP contribution in [-0.2, 0) is 0 Å². The van der Waals surface area contributed by atoms with Gasteiger partial charge in [0.05, 0.1) is 7.11 Å². The van der Waals surface area contributed by atoms with Gasteiger partial charge in [-0.2, -0.15) is 4.98 Å². The fourth-order valence-corrected chi connectivity index (χ4v) is 1.49. The molecule has 0 aliphatic heterocycles. The molecule has 0 radical (unpaired) electrons. The lowest BCUT2D eigenvalue weighted by molar-refractivity contribution is 0.396. The number of hydrogen-bond donors (Lipinski definition) is 2. The predicted molar refractivity (Wildman–Crippen MR) is 64.7 cm³/mol. The molecule has 0 bridgehead atoms. The molecule has 0 aromatic carbocycles. The second kappa shape index (κ2) is 6.27. The van der Waals surface area contributed by atoms with Crippen LogP contribution in [0.5, 0.6) is 5.88 Å². The molecule has 16 heavy (non-hydrogen) atoms. The summed E-state index contributed by atoms with van der Waals surface area (Å²) in [5.41, 5.74) is 6.54. The van der Waals surface area contributed by atoms with Gasteiger partial charge in [-0.1, -0.05) is 13.3 Å². The van der Waals surface area contributed by atoms with Gasteiger partial charge in [0.2, 0.25) is 11.8 Å². The maximum absolute atomic E-state index is 5.67. The molecule has 1 rings (SSSR count). The van der Waals surface area contributed by atoms with Crippen molar-refractivity contribution in [1.82, 2.24) is 9.97 Å². The van der Waals surface area contributed by atoms with Crippen LogP contribution in [-0.4, -0.2) is 29.7 Å². The molecule has 1 unspecified atom stereocenters. The molecule has 0 amide bonds. The van der Waals surface area contributed by atoms with E-state index in [1.54, 1.807) is 13.2 Å². The van der Waals surface area contributed by atoms with E-state index in [4.69, 9.17) is 10.5 Å². The number of methoxy groups -OCH3 is 1. The van der Waals surface area contributed by atoms with Crippen LogP contribution in [0.25, 0.3) is 0 Å². The zero-order valence-corrected chi connectivity index (χ0v) is 10.2. The Hall–Kier alpha value is -1.36. The van der Waals surface area contributed by atoms with Crippen LogP contribution >= 0.6 is 0 Å². The lowest BCUT2D eigenvalue weighted by atomic mass is 10.2. The van der Waals surface area contributed by atoms with Gasteiger partial charge in [0.1, 0.15) is 0 Å². The van der Waals surface area contributed by atoms with Gasteiger partial charge in [-0.15, -0.1) is 0 Å². The van der Waals surface area contributed by atoms with Crippen molar-refractivity contribution in [3.05, 3.63) is 11.8 Å². The standard InChI is InChI=1S/C11H20N4O/c1-4-5-9(7-12)14-11-13-8(2)6-10(15-11)16-3/h6,9H,4-5,7,12H2,1-3H3,(H,13,14,15). The lowest BCUT2D eigenvalue weighted by Crippen LogP contribution is -2.29. The lowest BCUT2D eigenvalue weighted by Gasteiger charge is -2.16. The Labute approximate surface area is 96.4 Å². The van der Waals surface area contributed by atoms with Crippen LogP contribution in [0, 0.1) is 6.92 Å². The molecule has 90 valence electrons. The maximum atomic E-state index is 5.67. The van der Waals surface area contributed by atoms with Crippen LogP contribution in [0.1, 0.15) is 25.5 Å². The Morgan fingerprint density at radius 2 is 2.25 bits per heavy atom. The number of ether oxygens (including phenoxy) is 1. The van der Waals surface area contributed by atoms with Crippen LogP contribution in [0.2, 0.25) is 0 Å². The van der Waals surface area contributed by atoms with Crippen LogP contribution in [0.15, 0.2) is 6.07 Å².